The summed E-state index contributed by atoms with van der Waals surface area (Å²) in [6, 6.07) is -0.589. The van der Waals surface area contributed by atoms with E-state index in [1.54, 1.807) is 6.08 Å². The van der Waals surface area contributed by atoms with E-state index in [-0.39, 0.29) is 48.4 Å². The van der Waals surface area contributed by atoms with Crippen LogP contribution in [0.4, 0.5) is 0 Å². The lowest BCUT2D eigenvalue weighted by Gasteiger charge is -2.61. The first-order valence-electron chi connectivity index (χ1n) is 12.8. The second kappa shape index (κ2) is 10.2. The van der Waals surface area contributed by atoms with Crippen molar-refractivity contribution in [3.05, 3.63) is 36.0 Å². The summed E-state index contributed by atoms with van der Waals surface area (Å²) >= 11 is 0. The summed E-state index contributed by atoms with van der Waals surface area (Å²) in [5, 5.41) is 24.9. The summed E-state index contributed by atoms with van der Waals surface area (Å²) in [7, 11) is 0. The SMILES string of the molecule is C=C1C(NC(C)C(=O)N2CCOCC2)CC2[C@](C)(CC[C@@H](O)[C@@]2(C)CO)C1C=CC1=CCOC1=O. The van der Waals surface area contributed by atoms with E-state index in [2.05, 4.69) is 18.8 Å². The number of rotatable bonds is 6. The molecule has 0 bridgehead atoms. The van der Waals surface area contributed by atoms with Gasteiger partial charge in [-0.05, 0) is 43.6 Å². The van der Waals surface area contributed by atoms with E-state index in [0.29, 0.717) is 44.7 Å². The number of ether oxygens (including phenoxy) is 2. The number of cyclic esters (lactones) is 1. The molecule has 7 atom stereocenters. The third-order valence-electron chi connectivity index (χ3n) is 9.05. The van der Waals surface area contributed by atoms with Crippen molar-refractivity contribution in [3.63, 3.8) is 0 Å². The average molecular weight is 489 g/mol. The minimum Gasteiger partial charge on any atom is -0.458 e. The van der Waals surface area contributed by atoms with Gasteiger partial charge in [0.1, 0.15) is 6.61 Å². The molecule has 0 aromatic rings. The highest BCUT2D eigenvalue weighted by Gasteiger charge is 2.59. The topological polar surface area (TPSA) is 108 Å². The van der Waals surface area contributed by atoms with E-state index in [0.717, 1.165) is 12.0 Å². The van der Waals surface area contributed by atoms with Crippen LogP contribution in [0.15, 0.2) is 36.0 Å². The molecule has 2 heterocycles. The third kappa shape index (κ3) is 4.73. The molecule has 35 heavy (non-hydrogen) atoms. The molecule has 0 radical (unpaired) electrons. The van der Waals surface area contributed by atoms with Crippen LogP contribution in [0.3, 0.4) is 0 Å². The zero-order valence-corrected chi connectivity index (χ0v) is 21.2. The van der Waals surface area contributed by atoms with Gasteiger partial charge in [-0.2, -0.15) is 0 Å². The van der Waals surface area contributed by atoms with Gasteiger partial charge in [-0.15, -0.1) is 0 Å². The molecule has 3 fully saturated rings. The number of hydrogen-bond acceptors (Lipinski definition) is 7. The van der Waals surface area contributed by atoms with E-state index in [1.165, 1.54) is 0 Å². The van der Waals surface area contributed by atoms with Crippen molar-refractivity contribution in [1.29, 1.82) is 0 Å². The Morgan fingerprint density at radius 2 is 2.09 bits per heavy atom. The maximum Gasteiger partial charge on any atom is 0.338 e. The van der Waals surface area contributed by atoms with Crippen LogP contribution in [-0.4, -0.2) is 84.7 Å². The minimum atomic E-state index is -0.678. The number of nitrogens with zero attached hydrogens (tertiary/aromatic N) is 1. The van der Waals surface area contributed by atoms with Crippen molar-refractivity contribution in [2.45, 2.75) is 58.2 Å². The number of esters is 1. The molecule has 194 valence electrons. The molecule has 1 amide bonds. The Balaban J connectivity index is 1.62. The number of amides is 1. The molecule has 2 saturated carbocycles. The first-order valence-corrected chi connectivity index (χ1v) is 12.8. The standard InChI is InChI=1S/C27H40N2O6/c1-17-20(6-5-19-8-12-35-25(19)33)26(3)9-7-23(31)27(4,16-30)22(26)15-21(17)28-18(2)24(32)29-10-13-34-14-11-29/h5-6,8,18,20-23,28,30-31H,1,7,9-16H2,2-4H3/t18?,20?,21?,22?,23-,26-,27+/m1/s1. The molecule has 2 aliphatic carbocycles. The molecule has 8 nitrogen and oxygen atoms in total. The van der Waals surface area contributed by atoms with Gasteiger partial charge in [0.2, 0.25) is 5.91 Å². The Labute approximate surface area is 208 Å². The molecular weight excluding hydrogens is 448 g/mol. The number of carbonyl (C=O) groups excluding carboxylic acids is 2. The highest BCUT2D eigenvalue weighted by atomic mass is 16.5. The fraction of sp³-hybridized carbons (Fsp3) is 0.704. The zero-order chi connectivity index (χ0) is 25.4. The molecule has 4 rings (SSSR count). The van der Waals surface area contributed by atoms with Crippen molar-refractivity contribution in [1.82, 2.24) is 10.2 Å². The maximum atomic E-state index is 13.1. The Kier molecular flexibility index (Phi) is 7.57. The van der Waals surface area contributed by atoms with Crippen LogP contribution < -0.4 is 5.32 Å². The first-order chi connectivity index (χ1) is 16.6. The van der Waals surface area contributed by atoms with Gasteiger partial charge in [0.15, 0.2) is 0 Å². The predicted octanol–water partition coefficient (Wildman–Crippen LogP) is 1.58. The van der Waals surface area contributed by atoms with Crippen LogP contribution in [-0.2, 0) is 19.1 Å². The van der Waals surface area contributed by atoms with Crippen molar-refractivity contribution >= 4 is 11.9 Å². The highest BCUT2D eigenvalue weighted by molar-refractivity contribution is 5.93. The second-order valence-corrected chi connectivity index (χ2v) is 11.1. The van der Waals surface area contributed by atoms with Crippen LogP contribution in [0, 0.1) is 22.7 Å². The van der Waals surface area contributed by atoms with E-state index < -0.39 is 17.6 Å². The summed E-state index contributed by atoms with van der Waals surface area (Å²) in [6.45, 7) is 13.0. The quantitative estimate of drug-likeness (QED) is 0.385. The number of allylic oxidation sites excluding steroid dienone is 1. The number of morpholine rings is 1. The second-order valence-electron chi connectivity index (χ2n) is 11.1. The lowest BCUT2D eigenvalue weighted by atomic mass is 9.45. The van der Waals surface area contributed by atoms with Crippen molar-refractivity contribution < 1.29 is 29.3 Å². The van der Waals surface area contributed by atoms with Gasteiger partial charge in [-0.1, -0.05) is 38.2 Å². The largest absolute Gasteiger partial charge is 0.458 e. The normalized spacial score (nSPS) is 38.8. The first kappa shape index (κ1) is 26.1. The molecule has 0 aromatic heterocycles. The zero-order valence-electron chi connectivity index (χ0n) is 21.2. The molecule has 0 spiro atoms. The van der Waals surface area contributed by atoms with E-state index >= 15 is 0 Å². The number of aliphatic hydroxyl groups is 2. The lowest BCUT2D eigenvalue weighted by Crippen LogP contribution is -2.62. The molecule has 4 unspecified atom stereocenters. The van der Waals surface area contributed by atoms with Gasteiger partial charge in [0.25, 0.3) is 0 Å². The van der Waals surface area contributed by atoms with Crippen LogP contribution in [0.2, 0.25) is 0 Å². The number of nitrogens with one attached hydrogen (secondary N) is 1. The predicted molar refractivity (Wildman–Crippen MR) is 131 cm³/mol. The number of hydrogen-bond donors (Lipinski definition) is 3. The third-order valence-corrected chi connectivity index (χ3v) is 9.05. The molecular formula is C27H40N2O6. The average Bonchev–Trinajstić information content (AvgIpc) is 3.27. The lowest BCUT2D eigenvalue weighted by molar-refractivity contribution is -0.150. The van der Waals surface area contributed by atoms with Crippen molar-refractivity contribution in [2.75, 3.05) is 39.5 Å². The minimum absolute atomic E-state index is 0.0170. The molecule has 0 aromatic carbocycles. The summed E-state index contributed by atoms with van der Waals surface area (Å²) < 4.78 is 10.4. The van der Waals surface area contributed by atoms with Crippen molar-refractivity contribution in [3.8, 4) is 0 Å². The number of aliphatic hydroxyl groups excluding tert-OH is 2. The molecule has 4 aliphatic rings. The smallest absolute Gasteiger partial charge is 0.338 e. The number of carbonyl (C=O) groups is 2. The Morgan fingerprint density at radius 1 is 1.37 bits per heavy atom. The molecule has 2 aliphatic heterocycles. The maximum absolute atomic E-state index is 13.1. The van der Waals surface area contributed by atoms with Crippen LogP contribution in [0.5, 0.6) is 0 Å². The summed E-state index contributed by atoms with van der Waals surface area (Å²) in [5.74, 6) is -0.411. The van der Waals surface area contributed by atoms with Crippen molar-refractivity contribution in [2.24, 2.45) is 22.7 Å². The van der Waals surface area contributed by atoms with Crippen LogP contribution >= 0.6 is 0 Å². The van der Waals surface area contributed by atoms with E-state index in [1.807, 2.05) is 30.9 Å². The van der Waals surface area contributed by atoms with Crippen LogP contribution in [0.1, 0.15) is 40.0 Å². The Morgan fingerprint density at radius 3 is 2.71 bits per heavy atom. The van der Waals surface area contributed by atoms with Gasteiger partial charge in [0.05, 0.1) is 37.5 Å². The Hall–Kier alpha value is -2.00. The molecule has 8 heteroatoms. The van der Waals surface area contributed by atoms with Gasteiger partial charge in [-0.3, -0.25) is 10.1 Å². The molecule has 1 saturated heterocycles. The summed E-state index contributed by atoms with van der Waals surface area (Å²) in [4.78, 5) is 27.0. The van der Waals surface area contributed by atoms with Gasteiger partial charge >= 0.3 is 5.97 Å². The van der Waals surface area contributed by atoms with Gasteiger partial charge in [-0.25, -0.2) is 4.79 Å². The van der Waals surface area contributed by atoms with Gasteiger partial charge < -0.3 is 24.6 Å². The summed E-state index contributed by atoms with van der Waals surface area (Å²) in [5.41, 5.74) is 0.557. The highest BCUT2D eigenvalue weighted by Crippen LogP contribution is 2.61. The fourth-order valence-electron chi connectivity index (χ4n) is 6.75. The van der Waals surface area contributed by atoms with E-state index in [4.69, 9.17) is 9.47 Å². The van der Waals surface area contributed by atoms with E-state index in [9.17, 15) is 19.8 Å². The Bertz CT molecular complexity index is 909. The van der Waals surface area contributed by atoms with Gasteiger partial charge in [0, 0.05) is 30.5 Å². The summed E-state index contributed by atoms with van der Waals surface area (Å²) in [6.07, 6.45) is 7.05. The molecule has 3 N–H and O–H groups in total. The number of fused-ring (bicyclic) bond motifs is 1. The monoisotopic (exact) mass is 488 g/mol. The van der Waals surface area contributed by atoms with Crippen LogP contribution in [0.25, 0.3) is 0 Å². The fourth-order valence-corrected chi connectivity index (χ4v) is 6.75.